The van der Waals surface area contributed by atoms with Crippen LogP contribution in [0, 0.1) is 11.3 Å². The third kappa shape index (κ3) is 2.42. The molecule has 1 heterocycles. The van der Waals surface area contributed by atoms with Gasteiger partial charge in [0.2, 0.25) is 5.91 Å². The largest absolute Gasteiger partial charge is 0.441 e. The number of fused-ring (bicyclic) bond motifs is 1. The van der Waals surface area contributed by atoms with Gasteiger partial charge in [-0.25, -0.2) is 4.98 Å². The first-order valence-corrected chi connectivity index (χ1v) is 5.29. The van der Waals surface area contributed by atoms with Crippen molar-refractivity contribution in [1.82, 2.24) is 4.98 Å². The maximum absolute atomic E-state index is 11.2. The van der Waals surface area contributed by atoms with Gasteiger partial charge in [0.25, 0.3) is 0 Å². The summed E-state index contributed by atoms with van der Waals surface area (Å²) in [7, 11) is 0. The second-order valence-corrected chi connectivity index (χ2v) is 3.53. The molecule has 0 aliphatic heterocycles. The molecule has 0 spiro atoms. The van der Waals surface area contributed by atoms with E-state index >= 15 is 0 Å². The number of nitrogens with one attached hydrogen (secondary N) is 1. The van der Waals surface area contributed by atoms with Gasteiger partial charge in [-0.15, -0.1) is 0 Å². The Kier molecular flexibility index (Phi) is 3.06. The van der Waals surface area contributed by atoms with Crippen LogP contribution < -0.4 is 5.32 Å². The first kappa shape index (κ1) is 11.1. The highest BCUT2D eigenvalue weighted by atomic mass is 16.3. The highest BCUT2D eigenvalue weighted by Crippen LogP contribution is 2.20. The van der Waals surface area contributed by atoms with Crippen LogP contribution in [-0.4, -0.2) is 10.9 Å². The van der Waals surface area contributed by atoms with E-state index in [1.165, 1.54) is 0 Å². The first-order valence-electron chi connectivity index (χ1n) is 5.29. The molecule has 5 nitrogen and oxygen atoms in total. The predicted octanol–water partition coefficient (Wildman–Crippen LogP) is 2.24. The van der Waals surface area contributed by atoms with Gasteiger partial charge in [-0.1, -0.05) is 6.92 Å². The number of carbonyl (C=O) groups is 1. The summed E-state index contributed by atoms with van der Waals surface area (Å²) in [5.41, 5.74) is 2.01. The molecule has 17 heavy (non-hydrogen) atoms. The molecular weight excluding hydrogens is 218 g/mol. The van der Waals surface area contributed by atoms with Gasteiger partial charge < -0.3 is 9.73 Å². The standard InChI is InChI=1S/C12H11N3O2/c1-2-12-15-9-4-3-8(7-10(9)17-12)14-11(16)5-6-13/h3-4,7H,2,5H2,1H3,(H,14,16). The fraction of sp³-hybridized carbons (Fsp3) is 0.250. The predicted molar refractivity (Wildman–Crippen MR) is 62.2 cm³/mol. The highest BCUT2D eigenvalue weighted by Gasteiger charge is 2.06. The zero-order valence-electron chi connectivity index (χ0n) is 9.36. The normalized spacial score (nSPS) is 10.1. The molecule has 2 aromatic rings. The number of anilines is 1. The molecule has 1 aromatic heterocycles. The monoisotopic (exact) mass is 229 g/mol. The van der Waals surface area contributed by atoms with Gasteiger partial charge in [0, 0.05) is 18.2 Å². The minimum absolute atomic E-state index is 0.158. The van der Waals surface area contributed by atoms with E-state index < -0.39 is 0 Å². The Bertz CT molecular complexity index is 595. The molecule has 2 rings (SSSR count). The molecule has 0 bridgehead atoms. The molecule has 0 unspecified atom stereocenters. The number of amides is 1. The molecule has 1 aromatic carbocycles. The van der Waals surface area contributed by atoms with E-state index in [1.807, 2.05) is 6.92 Å². The Morgan fingerprint density at radius 2 is 2.41 bits per heavy atom. The number of nitriles is 1. The lowest BCUT2D eigenvalue weighted by atomic mass is 10.3. The zero-order chi connectivity index (χ0) is 12.3. The summed E-state index contributed by atoms with van der Waals surface area (Å²) in [5.74, 6) is 0.336. The van der Waals surface area contributed by atoms with Crippen LogP contribution >= 0.6 is 0 Å². The molecule has 0 aliphatic carbocycles. The third-order valence-corrected chi connectivity index (χ3v) is 2.26. The Labute approximate surface area is 98.1 Å². The summed E-state index contributed by atoms with van der Waals surface area (Å²) < 4.78 is 5.47. The van der Waals surface area contributed by atoms with Crippen LogP contribution in [0.25, 0.3) is 11.1 Å². The van der Waals surface area contributed by atoms with Gasteiger partial charge >= 0.3 is 0 Å². The maximum Gasteiger partial charge on any atom is 0.238 e. The first-order chi connectivity index (χ1) is 8.22. The van der Waals surface area contributed by atoms with E-state index in [2.05, 4.69) is 10.3 Å². The molecule has 0 saturated carbocycles. The second-order valence-electron chi connectivity index (χ2n) is 3.53. The van der Waals surface area contributed by atoms with Crippen LogP contribution in [0.3, 0.4) is 0 Å². The van der Waals surface area contributed by atoms with Crippen LogP contribution in [0.2, 0.25) is 0 Å². The van der Waals surface area contributed by atoms with E-state index in [0.29, 0.717) is 17.2 Å². The number of hydrogen-bond donors (Lipinski definition) is 1. The SMILES string of the molecule is CCc1nc2ccc(NC(=O)CC#N)cc2o1. The van der Waals surface area contributed by atoms with Crippen molar-refractivity contribution >= 4 is 22.7 Å². The number of hydrogen-bond acceptors (Lipinski definition) is 4. The quantitative estimate of drug-likeness (QED) is 0.875. The van der Waals surface area contributed by atoms with Gasteiger partial charge in [0.05, 0.1) is 6.07 Å². The molecule has 1 amide bonds. The second kappa shape index (κ2) is 4.66. The lowest BCUT2D eigenvalue weighted by Crippen LogP contribution is -2.09. The van der Waals surface area contributed by atoms with Crippen molar-refractivity contribution < 1.29 is 9.21 Å². The van der Waals surface area contributed by atoms with Crippen molar-refractivity contribution in [2.75, 3.05) is 5.32 Å². The summed E-state index contributed by atoms with van der Waals surface area (Å²) in [6, 6.07) is 7.01. The van der Waals surface area contributed by atoms with Gasteiger partial charge in [-0.2, -0.15) is 5.26 Å². The molecule has 1 N–H and O–H groups in total. The van der Waals surface area contributed by atoms with Crippen molar-refractivity contribution in [2.24, 2.45) is 0 Å². The van der Waals surface area contributed by atoms with Crippen molar-refractivity contribution in [1.29, 1.82) is 5.26 Å². The van der Waals surface area contributed by atoms with E-state index in [9.17, 15) is 4.79 Å². The fourth-order valence-electron chi connectivity index (χ4n) is 1.48. The number of benzene rings is 1. The minimum Gasteiger partial charge on any atom is -0.441 e. The number of aryl methyl sites for hydroxylation is 1. The molecule has 0 aliphatic rings. The van der Waals surface area contributed by atoms with Gasteiger partial charge in [0.15, 0.2) is 11.5 Å². The summed E-state index contributed by atoms with van der Waals surface area (Å²) in [5, 5.41) is 11.0. The van der Waals surface area contributed by atoms with Crippen molar-refractivity contribution in [2.45, 2.75) is 19.8 Å². The Hall–Kier alpha value is -2.35. The van der Waals surface area contributed by atoms with Crippen LogP contribution in [0.1, 0.15) is 19.2 Å². The Morgan fingerprint density at radius 3 is 3.12 bits per heavy atom. The average Bonchev–Trinajstić information content (AvgIpc) is 2.71. The molecule has 5 heteroatoms. The number of carbonyl (C=O) groups excluding carboxylic acids is 1. The van der Waals surface area contributed by atoms with Crippen LogP contribution in [0.15, 0.2) is 22.6 Å². The molecule has 0 atom stereocenters. The summed E-state index contributed by atoms with van der Waals surface area (Å²) in [6.45, 7) is 1.96. The lowest BCUT2D eigenvalue weighted by Gasteiger charge is -2.00. The molecule has 0 saturated heterocycles. The lowest BCUT2D eigenvalue weighted by molar-refractivity contribution is -0.115. The van der Waals surface area contributed by atoms with Gasteiger partial charge in [-0.3, -0.25) is 4.79 Å². The molecule has 86 valence electrons. The Morgan fingerprint density at radius 1 is 1.59 bits per heavy atom. The van der Waals surface area contributed by atoms with Gasteiger partial charge in [0.1, 0.15) is 11.9 Å². The summed E-state index contributed by atoms with van der Waals surface area (Å²) in [4.78, 5) is 15.5. The zero-order valence-corrected chi connectivity index (χ0v) is 9.36. The maximum atomic E-state index is 11.2. The van der Waals surface area contributed by atoms with E-state index in [1.54, 1.807) is 24.3 Å². The Balaban J connectivity index is 2.25. The topological polar surface area (TPSA) is 78.9 Å². The van der Waals surface area contributed by atoms with Crippen molar-refractivity contribution in [3.05, 3.63) is 24.1 Å². The average molecular weight is 229 g/mol. The van der Waals surface area contributed by atoms with Crippen LogP contribution in [0.4, 0.5) is 5.69 Å². The van der Waals surface area contributed by atoms with Crippen molar-refractivity contribution in [3.8, 4) is 6.07 Å². The van der Waals surface area contributed by atoms with Crippen LogP contribution in [0.5, 0.6) is 0 Å². The van der Waals surface area contributed by atoms with E-state index in [0.717, 1.165) is 11.9 Å². The van der Waals surface area contributed by atoms with Crippen LogP contribution in [-0.2, 0) is 11.2 Å². The van der Waals surface area contributed by atoms with Crippen molar-refractivity contribution in [3.63, 3.8) is 0 Å². The smallest absolute Gasteiger partial charge is 0.238 e. The number of nitrogens with zero attached hydrogens (tertiary/aromatic N) is 2. The third-order valence-electron chi connectivity index (χ3n) is 2.26. The highest BCUT2D eigenvalue weighted by molar-refractivity contribution is 5.93. The number of oxazole rings is 1. The van der Waals surface area contributed by atoms with E-state index in [-0.39, 0.29) is 12.3 Å². The van der Waals surface area contributed by atoms with E-state index in [4.69, 9.17) is 9.68 Å². The number of aromatic nitrogens is 1. The molecular formula is C12H11N3O2. The molecule has 0 radical (unpaired) electrons. The summed E-state index contributed by atoms with van der Waals surface area (Å²) >= 11 is 0. The fourth-order valence-corrected chi connectivity index (χ4v) is 1.48. The van der Waals surface area contributed by atoms with Gasteiger partial charge in [-0.05, 0) is 12.1 Å². The minimum atomic E-state index is -0.331. The summed E-state index contributed by atoms with van der Waals surface area (Å²) in [6.07, 6.45) is 0.569. The number of rotatable bonds is 3. The molecule has 0 fully saturated rings.